The molecule has 0 fully saturated rings. The molecule has 0 saturated heterocycles. The van der Waals surface area contributed by atoms with E-state index in [2.05, 4.69) is 26.2 Å². The van der Waals surface area contributed by atoms with Crippen LogP contribution in [0.4, 0.5) is 5.00 Å². The normalized spacial score (nSPS) is 10.3. The molecule has 0 atom stereocenters. The minimum absolute atomic E-state index is 0.328. The Kier molecular flexibility index (Phi) is 4.51. The van der Waals surface area contributed by atoms with Crippen LogP contribution >= 0.6 is 27.3 Å². The SMILES string of the molecule is CCc1cc(C(N)=O)c(NC(=O)c2cncc(Br)c2)s1. The Morgan fingerprint density at radius 2 is 2.15 bits per heavy atom. The van der Waals surface area contributed by atoms with E-state index < -0.39 is 5.91 Å². The minimum Gasteiger partial charge on any atom is -0.366 e. The molecule has 2 aromatic heterocycles. The van der Waals surface area contributed by atoms with Crippen LogP contribution in [0, 0.1) is 0 Å². The zero-order valence-corrected chi connectivity index (χ0v) is 13.0. The fourth-order valence-electron chi connectivity index (χ4n) is 1.60. The van der Waals surface area contributed by atoms with Crippen molar-refractivity contribution in [1.82, 2.24) is 4.98 Å². The van der Waals surface area contributed by atoms with Crippen LogP contribution in [0.25, 0.3) is 0 Å². The molecular formula is C13H12BrN3O2S. The fraction of sp³-hybridized carbons (Fsp3) is 0.154. The molecule has 0 aromatic carbocycles. The molecule has 20 heavy (non-hydrogen) atoms. The molecule has 0 aliphatic heterocycles. The molecular weight excluding hydrogens is 342 g/mol. The lowest BCUT2D eigenvalue weighted by atomic mass is 10.2. The number of hydrogen-bond donors (Lipinski definition) is 2. The third-order valence-electron chi connectivity index (χ3n) is 2.59. The lowest BCUT2D eigenvalue weighted by molar-refractivity contribution is 0.100. The van der Waals surface area contributed by atoms with Crippen molar-refractivity contribution in [3.8, 4) is 0 Å². The van der Waals surface area contributed by atoms with E-state index in [4.69, 9.17) is 5.73 Å². The molecule has 0 aliphatic rings. The maximum Gasteiger partial charge on any atom is 0.257 e. The molecule has 0 saturated carbocycles. The number of nitrogens with two attached hydrogens (primary N) is 1. The Morgan fingerprint density at radius 3 is 2.75 bits per heavy atom. The van der Waals surface area contributed by atoms with Gasteiger partial charge < -0.3 is 11.1 Å². The van der Waals surface area contributed by atoms with Gasteiger partial charge in [-0.05, 0) is 34.5 Å². The number of primary amides is 1. The Morgan fingerprint density at radius 1 is 1.40 bits per heavy atom. The van der Waals surface area contributed by atoms with Crippen molar-refractivity contribution in [2.45, 2.75) is 13.3 Å². The number of anilines is 1. The average molecular weight is 354 g/mol. The summed E-state index contributed by atoms with van der Waals surface area (Å²) in [6, 6.07) is 3.36. The summed E-state index contributed by atoms with van der Waals surface area (Å²) < 4.78 is 0.709. The molecule has 0 spiro atoms. The van der Waals surface area contributed by atoms with Gasteiger partial charge in [0.15, 0.2) is 0 Å². The summed E-state index contributed by atoms with van der Waals surface area (Å²) in [5.74, 6) is -0.880. The highest BCUT2D eigenvalue weighted by Crippen LogP contribution is 2.28. The average Bonchev–Trinajstić information content (AvgIpc) is 2.82. The Balaban J connectivity index is 2.27. The van der Waals surface area contributed by atoms with E-state index in [-0.39, 0.29) is 5.91 Å². The molecule has 2 heterocycles. The van der Waals surface area contributed by atoms with Crippen LogP contribution in [-0.4, -0.2) is 16.8 Å². The van der Waals surface area contributed by atoms with Gasteiger partial charge in [-0.2, -0.15) is 0 Å². The molecule has 7 heteroatoms. The quantitative estimate of drug-likeness (QED) is 0.885. The predicted octanol–water partition coefficient (Wildman–Crippen LogP) is 2.82. The number of thiophene rings is 1. The molecule has 0 aliphatic carbocycles. The van der Waals surface area contributed by atoms with Crippen LogP contribution in [0.5, 0.6) is 0 Å². The van der Waals surface area contributed by atoms with Gasteiger partial charge in [0.25, 0.3) is 11.8 Å². The first kappa shape index (κ1) is 14.7. The maximum atomic E-state index is 12.1. The second kappa shape index (κ2) is 6.15. The van der Waals surface area contributed by atoms with E-state index in [1.54, 1.807) is 18.3 Å². The lowest BCUT2D eigenvalue weighted by Gasteiger charge is -2.04. The summed E-state index contributed by atoms with van der Waals surface area (Å²) in [6.07, 6.45) is 3.82. The number of pyridine rings is 1. The van der Waals surface area contributed by atoms with Gasteiger partial charge in [-0.15, -0.1) is 11.3 Å². The smallest absolute Gasteiger partial charge is 0.257 e. The van der Waals surface area contributed by atoms with Crippen LogP contribution < -0.4 is 11.1 Å². The Bertz CT molecular complexity index is 669. The van der Waals surface area contributed by atoms with Crippen LogP contribution in [0.1, 0.15) is 32.5 Å². The highest BCUT2D eigenvalue weighted by molar-refractivity contribution is 9.10. The summed E-state index contributed by atoms with van der Waals surface area (Å²) in [4.78, 5) is 28.4. The first-order chi connectivity index (χ1) is 9.51. The van der Waals surface area contributed by atoms with Gasteiger partial charge in [-0.1, -0.05) is 6.92 Å². The van der Waals surface area contributed by atoms with E-state index in [1.165, 1.54) is 17.5 Å². The van der Waals surface area contributed by atoms with E-state index in [0.29, 0.717) is 20.6 Å². The Labute approximate surface area is 128 Å². The topological polar surface area (TPSA) is 85.1 Å². The van der Waals surface area contributed by atoms with Crippen LogP contribution in [0.15, 0.2) is 29.0 Å². The van der Waals surface area contributed by atoms with Gasteiger partial charge in [-0.3, -0.25) is 14.6 Å². The minimum atomic E-state index is -0.552. The molecule has 104 valence electrons. The molecule has 2 aromatic rings. The van der Waals surface area contributed by atoms with E-state index in [9.17, 15) is 9.59 Å². The first-order valence-electron chi connectivity index (χ1n) is 5.85. The van der Waals surface area contributed by atoms with Gasteiger partial charge in [0.2, 0.25) is 0 Å². The molecule has 0 unspecified atom stereocenters. The number of nitrogens with zero attached hydrogens (tertiary/aromatic N) is 1. The zero-order chi connectivity index (χ0) is 14.7. The van der Waals surface area contributed by atoms with Crippen molar-refractivity contribution in [1.29, 1.82) is 0 Å². The van der Waals surface area contributed by atoms with Crippen molar-refractivity contribution < 1.29 is 9.59 Å². The number of aryl methyl sites for hydroxylation is 1. The number of carbonyl (C=O) groups excluding carboxylic acids is 2. The van der Waals surface area contributed by atoms with Crippen molar-refractivity contribution in [2.75, 3.05) is 5.32 Å². The highest BCUT2D eigenvalue weighted by atomic mass is 79.9. The van der Waals surface area contributed by atoms with Crippen LogP contribution in [-0.2, 0) is 6.42 Å². The third kappa shape index (κ3) is 3.23. The standard InChI is InChI=1S/C13H12BrN3O2S/c1-2-9-4-10(11(15)18)13(20-9)17-12(19)7-3-8(14)6-16-5-7/h3-6H,2H2,1H3,(H2,15,18)(H,17,19). The summed E-state index contributed by atoms with van der Waals surface area (Å²) in [7, 11) is 0. The monoisotopic (exact) mass is 353 g/mol. The van der Waals surface area contributed by atoms with Gasteiger partial charge in [0, 0.05) is 21.7 Å². The van der Waals surface area contributed by atoms with E-state index in [1.807, 2.05) is 6.92 Å². The first-order valence-corrected chi connectivity index (χ1v) is 7.46. The number of nitrogens with one attached hydrogen (secondary N) is 1. The summed E-state index contributed by atoms with van der Waals surface area (Å²) in [6.45, 7) is 1.97. The number of amides is 2. The fourth-order valence-corrected chi connectivity index (χ4v) is 2.96. The van der Waals surface area contributed by atoms with E-state index in [0.717, 1.165) is 11.3 Å². The molecule has 2 amide bonds. The van der Waals surface area contributed by atoms with Crippen LogP contribution in [0.3, 0.4) is 0 Å². The molecule has 2 rings (SSSR count). The maximum absolute atomic E-state index is 12.1. The van der Waals surface area contributed by atoms with Gasteiger partial charge in [-0.25, -0.2) is 0 Å². The second-order valence-corrected chi connectivity index (χ2v) is 6.07. The summed E-state index contributed by atoms with van der Waals surface area (Å²) in [5.41, 5.74) is 6.06. The molecule has 3 N–H and O–H groups in total. The molecule has 0 radical (unpaired) electrons. The zero-order valence-electron chi connectivity index (χ0n) is 10.6. The number of rotatable bonds is 4. The van der Waals surface area contributed by atoms with Gasteiger partial charge in [0.05, 0.1) is 11.1 Å². The van der Waals surface area contributed by atoms with E-state index >= 15 is 0 Å². The molecule has 0 bridgehead atoms. The predicted molar refractivity (Wildman–Crippen MR) is 82.1 cm³/mol. The number of halogens is 1. The van der Waals surface area contributed by atoms with Crippen molar-refractivity contribution >= 4 is 44.1 Å². The highest BCUT2D eigenvalue weighted by Gasteiger charge is 2.16. The lowest BCUT2D eigenvalue weighted by Crippen LogP contribution is -2.16. The summed E-state index contributed by atoms with van der Waals surface area (Å²) in [5, 5.41) is 3.18. The van der Waals surface area contributed by atoms with Crippen molar-refractivity contribution in [2.24, 2.45) is 5.73 Å². The molecule has 5 nitrogen and oxygen atoms in total. The third-order valence-corrected chi connectivity index (χ3v) is 4.22. The summed E-state index contributed by atoms with van der Waals surface area (Å²) >= 11 is 4.60. The second-order valence-electron chi connectivity index (χ2n) is 4.02. The number of aromatic nitrogens is 1. The van der Waals surface area contributed by atoms with Crippen LogP contribution in [0.2, 0.25) is 0 Å². The van der Waals surface area contributed by atoms with Crippen molar-refractivity contribution in [3.05, 3.63) is 45.0 Å². The van der Waals surface area contributed by atoms with Crippen molar-refractivity contribution in [3.63, 3.8) is 0 Å². The van der Waals surface area contributed by atoms with Gasteiger partial charge in [0.1, 0.15) is 5.00 Å². The number of carbonyl (C=O) groups is 2. The van der Waals surface area contributed by atoms with Gasteiger partial charge >= 0.3 is 0 Å². The number of hydrogen-bond acceptors (Lipinski definition) is 4. The Hall–Kier alpha value is -1.73. The largest absolute Gasteiger partial charge is 0.366 e.